The Morgan fingerprint density at radius 2 is 0.847 bits per heavy atom. The van der Waals surface area contributed by atoms with Gasteiger partial charge in [-0.05, 0) is 0 Å². The average Bonchev–Trinajstić information content (AvgIpc) is 3.89. The maximum atomic E-state index is 2.87. The Balaban J connectivity index is 1.39. The average molecular weight is 822 g/mol. The van der Waals surface area contributed by atoms with E-state index in [1.54, 1.807) is 27.5 Å². The number of allylic oxidation sites excluding steroid dienone is 2. The molecule has 0 amide bonds. The fourth-order valence-corrected chi connectivity index (χ4v) is 48.6. The molecule has 9 rings (SSSR count). The second-order valence-corrected chi connectivity index (χ2v) is 39.8. The van der Waals surface area contributed by atoms with E-state index in [0.717, 1.165) is 12.8 Å². The van der Waals surface area contributed by atoms with Crippen molar-refractivity contribution in [2.24, 2.45) is 0 Å². The van der Waals surface area contributed by atoms with Crippen molar-refractivity contribution in [3.63, 3.8) is 0 Å². The van der Waals surface area contributed by atoms with Gasteiger partial charge in [-0.25, -0.2) is 0 Å². The van der Waals surface area contributed by atoms with Crippen LogP contribution in [0, 0.1) is 0 Å². The van der Waals surface area contributed by atoms with Crippen LogP contribution in [0.5, 0.6) is 0 Å². The van der Waals surface area contributed by atoms with Gasteiger partial charge in [-0.3, -0.25) is 0 Å². The van der Waals surface area contributed by atoms with Gasteiger partial charge >= 0.3 is 358 Å². The summed E-state index contributed by atoms with van der Waals surface area (Å²) in [6, 6.07) is 58.9. The second-order valence-electron chi connectivity index (χ2n) is 18.0. The predicted molar refractivity (Wildman–Crippen MR) is 259 cm³/mol. The van der Waals surface area contributed by atoms with Gasteiger partial charge in [0.15, 0.2) is 0 Å². The summed E-state index contributed by atoms with van der Waals surface area (Å²) in [5, 5.41) is 7.04. The van der Waals surface area contributed by atoms with Gasteiger partial charge in [-0.1, -0.05) is 0 Å². The molecule has 297 valence electrons. The third-order valence-corrected chi connectivity index (χ3v) is 47.9. The number of benzene rings is 7. The van der Waals surface area contributed by atoms with Crippen molar-refractivity contribution in [2.75, 3.05) is 0 Å². The van der Waals surface area contributed by atoms with Crippen LogP contribution in [0.1, 0.15) is 96.9 Å². The third kappa shape index (κ3) is 6.34. The minimum atomic E-state index is -4.09. The summed E-state index contributed by atoms with van der Waals surface area (Å²) in [7, 11) is 0. The molecule has 2 aliphatic rings. The van der Waals surface area contributed by atoms with Gasteiger partial charge in [0.2, 0.25) is 0 Å². The maximum absolute atomic E-state index is 4.09. The van der Waals surface area contributed by atoms with Crippen LogP contribution in [0.3, 0.4) is 0 Å². The van der Waals surface area contributed by atoms with Crippen molar-refractivity contribution in [3.05, 3.63) is 185 Å². The van der Waals surface area contributed by atoms with Gasteiger partial charge in [-0.2, -0.15) is 0 Å². The molecule has 0 spiro atoms. The Labute approximate surface area is 355 Å². The first kappa shape index (κ1) is 39.9. The summed E-state index contributed by atoms with van der Waals surface area (Å²) in [6.07, 6.45) is 12.8. The van der Waals surface area contributed by atoms with Gasteiger partial charge in [-0.15, -0.1) is 0 Å². The Kier molecular flexibility index (Phi) is 11.2. The van der Waals surface area contributed by atoms with E-state index in [1.807, 2.05) is 0 Å². The van der Waals surface area contributed by atoms with E-state index in [1.165, 1.54) is 90.1 Å². The van der Waals surface area contributed by atoms with E-state index in [2.05, 4.69) is 198 Å². The first-order valence-electron chi connectivity index (χ1n) is 22.8. The van der Waals surface area contributed by atoms with E-state index in [0.29, 0.717) is 8.45 Å². The molecule has 3 unspecified atom stereocenters. The van der Waals surface area contributed by atoms with Crippen LogP contribution in [0.2, 0.25) is 16.0 Å². The van der Waals surface area contributed by atoms with Crippen molar-refractivity contribution in [1.29, 1.82) is 0 Å². The first-order chi connectivity index (χ1) is 29.0. The van der Waals surface area contributed by atoms with Gasteiger partial charge in [0, 0.05) is 0 Å². The number of rotatable bonds is 14. The number of hydrogen-bond acceptors (Lipinski definition) is 0. The van der Waals surface area contributed by atoms with E-state index < -0.39 is 21.2 Å². The van der Waals surface area contributed by atoms with Gasteiger partial charge in [0.1, 0.15) is 0 Å². The van der Waals surface area contributed by atoms with Crippen LogP contribution >= 0.6 is 0 Å². The zero-order valence-corrected chi connectivity index (χ0v) is 38.7. The molecule has 0 bridgehead atoms. The molecule has 0 heterocycles. The van der Waals surface area contributed by atoms with Crippen LogP contribution in [0.25, 0.3) is 56.0 Å². The summed E-state index contributed by atoms with van der Waals surface area (Å²) < 4.78 is 3.81. The molecule has 0 saturated carbocycles. The molecule has 0 saturated heterocycles. The molecule has 2 aliphatic carbocycles. The van der Waals surface area contributed by atoms with E-state index >= 15 is 0 Å². The van der Waals surface area contributed by atoms with Crippen molar-refractivity contribution in [2.45, 2.75) is 90.7 Å². The molecular weight excluding hydrogens is 761 g/mol. The molecule has 0 aromatic heterocycles. The second kappa shape index (κ2) is 16.5. The van der Waals surface area contributed by atoms with Crippen molar-refractivity contribution < 1.29 is 14.6 Å². The predicted octanol–water partition coefficient (Wildman–Crippen LogP) is 16.1. The van der Waals surface area contributed by atoms with Crippen molar-refractivity contribution in [1.82, 2.24) is 0 Å². The summed E-state index contributed by atoms with van der Waals surface area (Å²) in [4.78, 5) is 0. The normalized spacial score (nSPS) is 17.3. The molecule has 0 radical (unpaired) electrons. The zero-order valence-electron chi connectivity index (χ0n) is 36.0. The Hall–Kier alpha value is -4.53. The minimum absolute atomic E-state index is 0.494. The SMILES string of the molecule is CCC[CH2][Ti]([CH2]CCC)([CH]1C(CC)=Cc2c(-c3cccc4ccccc34)cccc21)([CH]1C(CC)=Cc2c(-c3cccc4ccccc34)cccc21)[SiH](C)c1ccccc1. The van der Waals surface area contributed by atoms with Crippen molar-refractivity contribution in [3.8, 4) is 22.3 Å². The summed E-state index contributed by atoms with van der Waals surface area (Å²) >= 11 is -4.09. The summed E-state index contributed by atoms with van der Waals surface area (Å²) in [5.41, 5.74) is 15.3. The zero-order chi connectivity index (χ0) is 40.6. The van der Waals surface area contributed by atoms with Gasteiger partial charge in [0.25, 0.3) is 0 Å². The fourth-order valence-electron chi connectivity index (χ4n) is 12.9. The molecule has 0 aliphatic heterocycles. The number of fused-ring (bicyclic) bond motifs is 4. The van der Waals surface area contributed by atoms with Crippen LogP contribution in [0.15, 0.2) is 163 Å². The van der Waals surface area contributed by atoms with Gasteiger partial charge < -0.3 is 0 Å². The standard InChI is InChI=1S/2C21H17.C7H9Si.2C4H9.Ti/c2*1-2-15-13-17-9-6-12-20(21(17)14-15)19-11-5-8-16-7-3-4-10-18(16)19;1-8-7-5-3-2-4-6-7;2*1-3-4-2;/h2*3-14H,2H2,1H3;2-6,8H,1H3;2*1,3-4H2,2H3;. The summed E-state index contributed by atoms with van der Waals surface area (Å²) in [5.74, 6) is 0. The molecule has 7 aromatic carbocycles. The quantitative estimate of drug-likeness (QED) is 0.0959. The Morgan fingerprint density at radius 3 is 1.31 bits per heavy atom. The van der Waals surface area contributed by atoms with Crippen LogP contribution in [-0.2, 0) is 14.6 Å². The van der Waals surface area contributed by atoms with E-state index in [9.17, 15) is 0 Å². The van der Waals surface area contributed by atoms with Crippen LogP contribution < -0.4 is 5.19 Å². The Bertz CT molecular complexity index is 2540. The van der Waals surface area contributed by atoms with Crippen molar-refractivity contribution >= 4 is 45.5 Å². The number of hydrogen-bond donors (Lipinski definition) is 0. The molecule has 3 atom stereocenters. The molecule has 2 heteroatoms. The van der Waals surface area contributed by atoms with Gasteiger partial charge in [0.05, 0.1) is 0 Å². The van der Waals surface area contributed by atoms with Crippen LogP contribution in [0.4, 0.5) is 0 Å². The monoisotopic (exact) mass is 821 g/mol. The molecule has 0 nitrogen and oxygen atoms in total. The molecule has 59 heavy (non-hydrogen) atoms. The molecule has 0 N–H and O–H groups in total. The third-order valence-electron chi connectivity index (χ3n) is 15.5. The molecular formula is C57H61SiTi. The van der Waals surface area contributed by atoms with E-state index in [-0.39, 0.29) is 0 Å². The first-order valence-corrected chi connectivity index (χ1v) is 31.9. The molecule has 0 fully saturated rings. The fraction of sp³-hybridized carbons (Fsp3) is 0.263. The molecule has 7 aromatic rings. The topological polar surface area (TPSA) is 0 Å². The van der Waals surface area contributed by atoms with E-state index in [4.69, 9.17) is 0 Å². The van der Waals surface area contributed by atoms with Crippen LogP contribution in [-0.4, -0.2) is 6.66 Å². The summed E-state index contributed by atoms with van der Waals surface area (Å²) in [6.45, 7) is 11.1. The number of unbranched alkanes of at least 4 members (excludes halogenated alkanes) is 2. The Morgan fingerprint density at radius 1 is 0.441 bits per heavy atom.